The number of piperidine rings is 2. The van der Waals surface area contributed by atoms with E-state index in [1.807, 2.05) is 0 Å². The minimum atomic E-state index is -0.0178. The van der Waals surface area contributed by atoms with Gasteiger partial charge in [-0.05, 0) is 112 Å². The lowest BCUT2D eigenvalue weighted by atomic mass is 9.98. The van der Waals surface area contributed by atoms with Gasteiger partial charge in [0.2, 0.25) is 0 Å². The molecule has 0 saturated carbocycles. The summed E-state index contributed by atoms with van der Waals surface area (Å²) >= 11 is 0. The number of benzene rings is 2. The Morgan fingerprint density at radius 2 is 0.806 bits per heavy atom. The van der Waals surface area contributed by atoms with Gasteiger partial charge in [0.1, 0.15) is 0 Å². The first-order valence-corrected chi connectivity index (χ1v) is 24.7. The summed E-state index contributed by atoms with van der Waals surface area (Å²) in [7, 11) is 0. The molecule has 4 rings (SSSR count). The molecule has 2 heterocycles. The Bertz CT molecular complexity index is 1440. The number of unbranched alkanes of at least 4 members (excludes halogenated alkanes) is 12. The molecule has 350 valence electrons. The number of halogens is 2. The van der Waals surface area contributed by atoms with E-state index in [-0.39, 0.29) is 36.8 Å². The highest BCUT2D eigenvalue weighted by Crippen LogP contribution is 2.25. The number of likely N-dealkylation sites (tertiary alicyclic amines) is 2. The molecule has 0 bridgehead atoms. The maximum absolute atomic E-state index is 12.9. The summed E-state index contributed by atoms with van der Waals surface area (Å²) in [5.41, 5.74) is 7.84. The van der Waals surface area contributed by atoms with E-state index in [0.717, 1.165) is 86.8 Å². The van der Waals surface area contributed by atoms with Crippen LogP contribution in [0.15, 0.2) is 71.8 Å². The van der Waals surface area contributed by atoms with Gasteiger partial charge >= 0.3 is 11.9 Å². The number of nitrogens with zero attached hydrogens (tertiary/aromatic N) is 2. The van der Waals surface area contributed by atoms with E-state index in [1.54, 1.807) is 0 Å². The Morgan fingerprint density at radius 3 is 1.15 bits per heavy atom. The van der Waals surface area contributed by atoms with Crippen LogP contribution in [0.4, 0.5) is 0 Å². The van der Waals surface area contributed by atoms with E-state index in [0.29, 0.717) is 26.3 Å². The number of hydrogen-bond acceptors (Lipinski definition) is 4. The molecule has 62 heavy (non-hydrogen) atoms. The first-order valence-electron chi connectivity index (χ1n) is 24.7. The SMILES string of the molecule is CCCCCCCCCOC(=O)C[N+]1(C/C=C(/C)Cc2ccc(-c3ccc(C/C(C)=C\C[N+]4(CC(=O)OCCCCCCCCC)CCCCC4)cc3)cc2)CCCCC1.[Cl-].[Cl-]. The highest BCUT2D eigenvalue weighted by molar-refractivity contribution is 5.71. The van der Waals surface area contributed by atoms with E-state index >= 15 is 0 Å². The van der Waals surface area contributed by atoms with E-state index in [1.165, 1.54) is 136 Å². The molecule has 6 nitrogen and oxygen atoms in total. The molecular weight excluding hydrogens is 812 g/mol. The van der Waals surface area contributed by atoms with Crippen LogP contribution < -0.4 is 24.8 Å². The molecule has 2 fully saturated rings. The van der Waals surface area contributed by atoms with Crippen LogP contribution in [0.5, 0.6) is 0 Å². The Kier molecular flexibility index (Phi) is 28.7. The fourth-order valence-corrected chi connectivity index (χ4v) is 9.42. The van der Waals surface area contributed by atoms with Gasteiger partial charge in [-0.2, -0.15) is 0 Å². The smallest absolute Gasteiger partial charge is 0.361 e. The minimum Gasteiger partial charge on any atom is -1.00 e. The van der Waals surface area contributed by atoms with E-state index in [2.05, 4.69) is 88.4 Å². The maximum atomic E-state index is 12.9. The van der Waals surface area contributed by atoms with Gasteiger partial charge in [-0.15, -0.1) is 0 Å². The van der Waals surface area contributed by atoms with Crippen molar-refractivity contribution in [3.63, 3.8) is 0 Å². The molecule has 2 saturated heterocycles. The second-order valence-electron chi connectivity index (χ2n) is 18.9. The Morgan fingerprint density at radius 1 is 0.484 bits per heavy atom. The predicted molar refractivity (Wildman–Crippen MR) is 252 cm³/mol. The summed E-state index contributed by atoms with van der Waals surface area (Å²) in [6, 6.07) is 18.1. The predicted octanol–water partition coefficient (Wildman–Crippen LogP) is 6.93. The van der Waals surface area contributed by atoms with E-state index in [9.17, 15) is 9.59 Å². The molecule has 0 aliphatic carbocycles. The van der Waals surface area contributed by atoms with Gasteiger partial charge in [0.05, 0.1) is 52.5 Å². The van der Waals surface area contributed by atoms with Gasteiger partial charge in [-0.25, -0.2) is 9.59 Å². The van der Waals surface area contributed by atoms with E-state index < -0.39 is 0 Å². The van der Waals surface area contributed by atoms with Gasteiger partial charge in [-0.1, -0.05) is 151 Å². The van der Waals surface area contributed by atoms with Crippen molar-refractivity contribution in [3.8, 4) is 11.1 Å². The third kappa shape index (κ3) is 21.8. The molecule has 2 aliphatic heterocycles. The van der Waals surface area contributed by atoms with Gasteiger partial charge in [0.15, 0.2) is 13.1 Å². The third-order valence-corrected chi connectivity index (χ3v) is 13.3. The molecule has 0 amide bonds. The average molecular weight is 898 g/mol. The number of allylic oxidation sites excluding steroid dienone is 2. The summed E-state index contributed by atoms with van der Waals surface area (Å²) in [6.07, 6.45) is 31.2. The number of rotatable bonds is 29. The number of esters is 2. The number of carbonyl (C=O) groups excluding carboxylic acids is 2. The first kappa shape index (κ1) is 55.5. The van der Waals surface area contributed by atoms with Crippen molar-refractivity contribution in [1.29, 1.82) is 0 Å². The quantitative estimate of drug-likeness (QED) is 0.0385. The third-order valence-electron chi connectivity index (χ3n) is 13.3. The number of carbonyl (C=O) groups is 2. The molecule has 2 aliphatic rings. The molecule has 2 aromatic carbocycles. The minimum absolute atomic E-state index is 0. The summed E-state index contributed by atoms with van der Waals surface area (Å²) in [6.45, 7) is 17.2. The average Bonchev–Trinajstić information content (AvgIpc) is 3.25. The zero-order valence-electron chi connectivity index (χ0n) is 39.7. The maximum Gasteiger partial charge on any atom is 0.361 e. The molecule has 0 radical (unpaired) electrons. The largest absolute Gasteiger partial charge is 1.00 e. The fourth-order valence-electron chi connectivity index (χ4n) is 9.42. The molecule has 0 aromatic heterocycles. The lowest BCUT2D eigenvalue weighted by Gasteiger charge is -2.40. The Labute approximate surface area is 391 Å². The number of ether oxygens (including phenoxy) is 2. The van der Waals surface area contributed by atoms with Crippen molar-refractivity contribution >= 4 is 11.9 Å². The van der Waals surface area contributed by atoms with Gasteiger partial charge < -0.3 is 43.3 Å². The second-order valence-corrected chi connectivity index (χ2v) is 18.9. The topological polar surface area (TPSA) is 52.6 Å². The molecule has 0 spiro atoms. The van der Waals surface area contributed by atoms with Gasteiger partial charge in [0, 0.05) is 0 Å². The Hall–Kier alpha value is -2.64. The molecule has 0 atom stereocenters. The first-order chi connectivity index (χ1) is 29.2. The Balaban J connectivity index is 0.00000661. The lowest BCUT2D eigenvalue weighted by Crippen LogP contribution is -3.00. The van der Waals surface area contributed by atoms with Crippen molar-refractivity contribution in [2.75, 3.05) is 65.6 Å². The fraction of sp³-hybridized carbons (Fsp3) is 0.667. The molecular formula is C54H86Cl2N2O4. The van der Waals surface area contributed by atoms with Gasteiger partial charge in [-0.3, -0.25) is 0 Å². The second kappa shape index (κ2) is 32.1. The lowest BCUT2D eigenvalue weighted by molar-refractivity contribution is -0.920. The number of quaternary nitrogens is 2. The molecule has 2 aromatic rings. The van der Waals surface area contributed by atoms with Crippen molar-refractivity contribution in [3.05, 3.63) is 83.0 Å². The van der Waals surface area contributed by atoms with E-state index in [4.69, 9.17) is 9.47 Å². The highest BCUT2D eigenvalue weighted by atomic mass is 35.5. The molecule has 0 unspecified atom stereocenters. The summed E-state index contributed by atoms with van der Waals surface area (Å²) in [4.78, 5) is 25.9. The standard InChI is InChI=1S/C54H86N2O4.2ClH/c1-5-7-9-11-13-15-23-41-59-53(57)45-55(35-19-17-20-36-55)39-33-47(3)43-49-25-29-51(30-26-49)52-31-27-50(28-32-52)44-48(4)34-40-56(37-21-18-22-38-56)46-54(58)60-42-24-16-14-12-10-8-6-2;;/h25-34H,5-24,35-46H2,1-4H3;2*1H/q+2;;/p-2/b47-33-,48-34-;;. The van der Waals surface area contributed by atoms with Crippen molar-refractivity contribution in [1.82, 2.24) is 0 Å². The zero-order chi connectivity index (χ0) is 42.7. The van der Waals surface area contributed by atoms with Gasteiger partial charge in [0.25, 0.3) is 0 Å². The molecule has 0 N–H and O–H groups in total. The van der Waals surface area contributed by atoms with Crippen LogP contribution in [-0.4, -0.2) is 86.5 Å². The number of hydrogen-bond donors (Lipinski definition) is 0. The van der Waals surface area contributed by atoms with Crippen molar-refractivity contribution in [2.45, 2.75) is 169 Å². The summed E-state index contributed by atoms with van der Waals surface area (Å²) in [5, 5.41) is 0. The van der Waals surface area contributed by atoms with Crippen LogP contribution in [0.3, 0.4) is 0 Å². The van der Waals surface area contributed by atoms with Crippen LogP contribution in [0.25, 0.3) is 11.1 Å². The zero-order valence-corrected chi connectivity index (χ0v) is 41.2. The monoisotopic (exact) mass is 897 g/mol. The van der Waals surface area contributed by atoms with Crippen molar-refractivity contribution < 1.29 is 52.8 Å². The van der Waals surface area contributed by atoms with Crippen LogP contribution >= 0.6 is 0 Å². The highest BCUT2D eigenvalue weighted by Gasteiger charge is 2.33. The van der Waals surface area contributed by atoms with Crippen molar-refractivity contribution in [2.24, 2.45) is 0 Å². The summed E-state index contributed by atoms with van der Waals surface area (Å²) in [5.74, 6) is -0.0357. The molecule has 8 heteroatoms. The normalized spacial score (nSPS) is 16.2. The van der Waals surface area contributed by atoms with Crippen LogP contribution in [0.2, 0.25) is 0 Å². The summed E-state index contributed by atoms with van der Waals surface area (Å²) < 4.78 is 13.2. The van der Waals surface area contributed by atoms with Crippen LogP contribution in [0, 0.1) is 0 Å². The van der Waals surface area contributed by atoms with Crippen LogP contribution in [-0.2, 0) is 31.9 Å². The van der Waals surface area contributed by atoms with Crippen LogP contribution in [0.1, 0.15) is 167 Å².